The number of nitrogens with two attached hydrogens (primary N) is 1. The molecule has 6 heteroatoms. The normalized spacial score (nSPS) is 10.4. The van der Waals surface area contributed by atoms with E-state index in [4.69, 9.17) is 10.5 Å². The average molecular weight is 267 g/mol. The van der Waals surface area contributed by atoms with Crippen molar-refractivity contribution in [3.05, 3.63) is 60.6 Å². The Labute approximate surface area is 115 Å². The molecule has 0 aliphatic carbocycles. The number of hydrogen-bond acceptors (Lipinski definition) is 5. The van der Waals surface area contributed by atoms with Crippen molar-refractivity contribution >= 4 is 0 Å². The molecule has 20 heavy (non-hydrogen) atoms. The highest BCUT2D eigenvalue weighted by molar-refractivity contribution is 5.30. The van der Waals surface area contributed by atoms with Crippen LogP contribution >= 0.6 is 0 Å². The Bertz CT molecular complexity index is 696. The van der Waals surface area contributed by atoms with E-state index in [9.17, 15) is 0 Å². The van der Waals surface area contributed by atoms with Crippen molar-refractivity contribution in [1.82, 2.24) is 19.7 Å². The van der Waals surface area contributed by atoms with Gasteiger partial charge in [0.05, 0.1) is 5.69 Å². The van der Waals surface area contributed by atoms with Gasteiger partial charge in [-0.3, -0.25) is 0 Å². The Kier molecular flexibility index (Phi) is 3.38. The molecular formula is C14H13N5O. The lowest BCUT2D eigenvalue weighted by atomic mass is 10.3. The van der Waals surface area contributed by atoms with Gasteiger partial charge in [0, 0.05) is 18.8 Å². The van der Waals surface area contributed by atoms with Crippen molar-refractivity contribution in [2.24, 2.45) is 5.73 Å². The number of ether oxygens (including phenoxy) is 1. The predicted octanol–water partition coefficient (Wildman–Crippen LogP) is 1.91. The van der Waals surface area contributed by atoms with Crippen LogP contribution in [0.1, 0.15) is 5.56 Å². The first kappa shape index (κ1) is 12.3. The summed E-state index contributed by atoms with van der Waals surface area (Å²) < 4.78 is 7.15. The minimum Gasteiger partial charge on any atom is -0.404 e. The van der Waals surface area contributed by atoms with E-state index in [1.807, 2.05) is 36.4 Å². The number of rotatable bonds is 4. The number of nitrogens with zero attached hydrogens (tertiary/aromatic N) is 4. The first-order valence-corrected chi connectivity index (χ1v) is 6.15. The summed E-state index contributed by atoms with van der Waals surface area (Å²) in [6.07, 6.45) is 3.24. The number of hydrogen-bond donors (Lipinski definition) is 1. The SMILES string of the molecule is NCc1ccnc(Oc2ncn(-c3ccccc3)n2)c1. The second-order valence-electron chi connectivity index (χ2n) is 4.12. The third kappa shape index (κ3) is 2.65. The molecule has 0 atom stereocenters. The second-order valence-corrected chi connectivity index (χ2v) is 4.12. The van der Waals surface area contributed by atoms with Crippen molar-refractivity contribution in [3.63, 3.8) is 0 Å². The first-order valence-electron chi connectivity index (χ1n) is 6.15. The Morgan fingerprint density at radius 2 is 1.95 bits per heavy atom. The van der Waals surface area contributed by atoms with Gasteiger partial charge in [-0.25, -0.2) is 9.67 Å². The van der Waals surface area contributed by atoms with E-state index < -0.39 is 0 Å². The molecule has 2 aromatic heterocycles. The van der Waals surface area contributed by atoms with E-state index in [1.54, 1.807) is 23.3 Å². The lowest BCUT2D eigenvalue weighted by Crippen LogP contribution is -1.98. The van der Waals surface area contributed by atoms with Gasteiger partial charge in [0.1, 0.15) is 6.33 Å². The quantitative estimate of drug-likeness (QED) is 0.781. The van der Waals surface area contributed by atoms with Crippen LogP contribution in [0, 0.1) is 0 Å². The van der Waals surface area contributed by atoms with Gasteiger partial charge in [-0.1, -0.05) is 18.2 Å². The molecular weight excluding hydrogens is 254 g/mol. The summed E-state index contributed by atoms with van der Waals surface area (Å²) in [4.78, 5) is 8.20. The zero-order chi connectivity index (χ0) is 13.8. The summed E-state index contributed by atoms with van der Waals surface area (Å²) in [7, 11) is 0. The molecule has 2 N–H and O–H groups in total. The van der Waals surface area contributed by atoms with Crippen LogP contribution in [-0.4, -0.2) is 19.7 Å². The van der Waals surface area contributed by atoms with Crippen molar-refractivity contribution in [2.75, 3.05) is 0 Å². The summed E-state index contributed by atoms with van der Waals surface area (Å²) in [6.45, 7) is 0.435. The minimum atomic E-state index is 0.246. The molecule has 1 aromatic carbocycles. The predicted molar refractivity (Wildman–Crippen MR) is 73.6 cm³/mol. The third-order valence-electron chi connectivity index (χ3n) is 2.72. The van der Waals surface area contributed by atoms with E-state index in [-0.39, 0.29) is 6.01 Å². The molecule has 0 aliphatic rings. The fourth-order valence-corrected chi connectivity index (χ4v) is 1.73. The van der Waals surface area contributed by atoms with Crippen LogP contribution in [0.5, 0.6) is 11.9 Å². The van der Waals surface area contributed by atoms with E-state index in [2.05, 4.69) is 15.1 Å². The van der Waals surface area contributed by atoms with Gasteiger partial charge in [-0.15, -0.1) is 5.10 Å². The van der Waals surface area contributed by atoms with Crippen LogP contribution in [0.15, 0.2) is 55.0 Å². The summed E-state index contributed by atoms with van der Waals surface area (Å²) in [5, 5.41) is 4.24. The van der Waals surface area contributed by atoms with Crippen LogP contribution in [0.25, 0.3) is 5.69 Å². The van der Waals surface area contributed by atoms with Crippen molar-refractivity contribution in [1.29, 1.82) is 0 Å². The summed E-state index contributed by atoms with van der Waals surface area (Å²) in [5.74, 6) is 0.429. The van der Waals surface area contributed by atoms with Crippen LogP contribution < -0.4 is 10.5 Å². The Balaban J connectivity index is 1.80. The molecule has 0 fully saturated rings. The van der Waals surface area contributed by atoms with E-state index >= 15 is 0 Å². The molecule has 0 spiro atoms. The summed E-state index contributed by atoms with van der Waals surface area (Å²) in [5.41, 5.74) is 7.43. The lowest BCUT2D eigenvalue weighted by molar-refractivity contribution is 0.424. The Hall–Kier alpha value is -2.73. The van der Waals surface area contributed by atoms with Gasteiger partial charge < -0.3 is 10.5 Å². The molecule has 2 heterocycles. The first-order chi connectivity index (χ1) is 9.85. The van der Waals surface area contributed by atoms with Crippen LogP contribution in [-0.2, 0) is 6.54 Å². The Morgan fingerprint density at radius 1 is 1.10 bits per heavy atom. The summed E-state index contributed by atoms with van der Waals surface area (Å²) >= 11 is 0. The van der Waals surface area contributed by atoms with Crippen LogP contribution in [0.4, 0.5) is 0 Å². The minimum absolute atomic E-state index is 0.246. The molecule has 0 amide bonds. The third-order valence-corrected chi connectivity index (χ3v) is 2.72. The van der Waals surface area contributed by atoms with Gasteiger partial charge in [-0.05, 0) is 23.8 Å². The summed E-state index contributed by atoms with van der Waals surface area (Å²) in [6, 6.07) is 13.5. The fourth-order valence-electron chi connectivity index (χ4n) is 1.73. The number of para-hydroxylation sites is 1. The van der Waals surface area contributed by atoms with Crippen molar-refractivity contribution < 1.29 is 4.74 Å². The largest absolute Gasteiger partial charge is 0.404 e. The maximum Gasteiger partial charge on any atom is 0.342 e. The number of pyridine rings is 1. The number of benzene rings is 1. The smallest absolute Gasteiger partial charge is 0.342 e. The Morgan fingerprint density at radius 3 is 2.75 bits per heavy atom. The monoisotopic (exact) mass is 267 g/mol. The second kappa shape index (κ2) is 5.50. The average Bonchev–Trinajstić information content (AvgIpc) is 2.97. The molecule has 6 nitrogen and oxygen atoms in total. The fraction of sp³-hybridized carbons (Fsp3) is 0.0714. The van der Waals surface area contributed by atoms with Gasteiger partial charge >= 0.3 is 6.01 Å². The van der Waals surface area contributed by atoms with Crippen molar-refractivity contribution in [2.45, 2.75) is 6.54 Å². The molecule has 0 radical (unpaired) electrons. The molecule has 0 aliphatic heterocycles. The van der Waals surface area contributed by atoms with Gasteiger partial charge in [-0.2, -0.15) is 4.98 Å². The standard InChI is InChI=1S/C14H13N5O/c15-9-11-6-7-16-13(8-11)20-14-17-10-19(18-14)12-4-2-1-3-5-12/h1-8,10H,9,15H2. The van der Waals surface area contributed by atoms with Gasteiger partial charge in [0.25, 0.3) is 0 Å². The van der Waals surface area contributed by atoms with Crippen LogP contribution in [0.2, 0.25) is 0 Å². The van der Waals surface area contributed by atoms with Crippen LogP contribution in [0.3, 0.4) is 0 Å². The molecule has 0 saturated carbocycles. The molecule has 0 saturated heterocycles. The molecule has 0 bridgehead atoms. The molecule has 3 rings (SSSR count). The molecule has 0 unspecified atom stereocenters. The van der Waals surface area contributed by atoms with Gasteiger partial charge in [0.15, 0.2) is 0 Å². The zero-order valence-corrected chi connectivity index (χ0v) is 10.7. The van der Waals surface area contributed by atoms with E-state index in [0.29, 0.717) is 12.4 Å². The maximum absolute atomic E-state index is 5.57. The highest BCUT2D eigenvalue weighted by Crippen LogP contribution is 2.16. The van der Waals surface area contributed by atoms with E-state index in [1.165, 1.54) is 0 Å². The van der Waals surface area contributed by atoms with E-state index in [0.717, 1.165) is 11.3 Å². The number of aromatic nitrogens is 4. The molecule has 100 valence electrons. The topological polar surface area (TPSA) is 78.9 Å². The zero-order valence-electron chi connectivity index (χ0n) is 10.7. The highest BCUT2D eigenvalue weighted by Gasteiger charge is 2.06. The highest BCUT2D eigenvalue weighted by atomic mass is 16.5. The lowest BCUT2D eigenvalue weighted by Gasteiger charge is -2.01. The van der Waals surface area contributed by atoms with Gasteiger partial charge in [0.2, 0.25) is 5.88 Å². The maximum atomic E-state index is 5.57. The van der Waals surface area contributed by atoms with Crippen molar-refractivity contribution in [3.8, 4) is 17.6 Å². The molecule has 3 aromatic rings.